The first-order valence-electron chi connectivity index (χ1n) is 9.94. The van der Waals surface area contributed by atoms with Gasteiger partial charge in [-0.25, -0.2) is 8.42 Å². The van der Waals surface area contributed by atoms with Gasteiger partial charge in [-0.1, -0.05) is 6.07 Å². The number of rotatable bonds is 4. The molecule has 0 N–H and O–H groups in total. The van der Waals surface area contributed by atoms with Crippen molar-refractivity contribution in [1.29, 1.82) is 0 Å². The molecule has 3 rings (SSSR count). The van der Waals surface area contributed by atoms with E-state index in [1.165, 1.54) is 6.07 Å². The maximum Gasteiger partial charge on any atom is 0.254 e. The predicted octanol–water partition coefficient (Wildman–Crippen LogP) is 3.16. The standard InChI is InChI=1S/C22H30N2O4S/c1-14-11-15(2)18(5)22(17(14)4)29(26,27)24-9-7-19(8-10-24)28-20-12-16(3)23(6)21(25)13-20/h11-13,19H,7-10H2,1-6H3. The monoisotopic (exact) mass is 418 g/mol. The Morgan fingerprint density at radius 1 is 0.931 bits per heavy atom. The van der Waals surface area contributed by atoms with Gasteiger partial charge < -0.3 is 9.30 Å². The lowest BCUT2D eigenvalue weighted by molar-refractivity contribution is 0.134. The lowest BCUT2D eigenvalue weighted by atomic mass is 10.0. The van der Waals surface area contributed by atoms with Crippen molar-refractivity contribution < 1.29 is 13.2 Å². The Hall–Kier alpha value is -2.12. The maximum atomic E-state index is 13.4. The van der Waals surface area contributed by atoms with Gasteiger partial charge in [0.25, 0.3) is 5.56 Å². The number of benzene rings is 1. The number of piperidine rings is 1. The van der Waals surface area contributed by atoms with Crippen LogP contribution in [0.1, 0.15) is 40.8 Å². The molecule has 6 nitrogen and oxygen atoms in total. The Balaban J connectivity index is 1.76. The van der Waals surface area contributed by atoms with Crippen LogP contribution in [0.25, 0.3) is 0 Å². The van der Waals surface area contributed by atoms with Crippen LogP contribution in [0, 0.1) is 34.6 Å². The largest absolute Gasteiger partial charge is 0.490 e. The number of aromatic nitrogens is 1. The molecule has 1 fully saturated rings. The molecule has 1 saturated heterocycles. The van der Waals surface area contributed by atoms with Crippen molar-refractivity contribution in [2.75, 3.05) is 13.1 Å². The van der Waals surface area contributed by atoms with Crippen molar-refractivity contribution in [2.45, 2.75) is 58.5 Å². The highest BCUT2D eigenvalue weighted by molar-refractivity contribution is 7.89. The van der Waals surface area contributed by atoms with Crippen LogP contribution >= 0.6 is 0 Å². The molecule has 1 aliphatic rings. The summed E-state index contributed by atoms with van der Waals surface area (Å²) in [4.78, 5) is 12.4. The molecular weight excluding hydrogens is 388 g/mol. The van der Waals surface area contributed by atoms with Crippen LogP contribution in [0.15, 0.2) is 27.9 Å². The maximum absolute atomic E-state index is 13.4. The van der Waals surface area contributed by atoms with Gasteiger partial charge in [-0.05, 0) is 75.8 Å². The zero-order valence-electron chi connectivity index (χ0n) is 18.1. The average Bonchev–Trinajstić information content (AvgIpc) is 2.65. The lowest BCUT2D eigenvalue weighted by Crippen LogP contribution is -2.42. The minimum absolute atomic E-state index is 0.102. The number of pyridine rings is 1. The zero-order chi connectivity index (χ0) is 21.5. The summed E-state index contributed by atoms with van der Waals surface area (Å²) in [7, 11) is -1.84. The van der Waals surface area contributed by atoms with Gasteiger partial charge in [0.05, 0.1) is 4.90 Å². The zero-order valence-corrected chi connectivity index (χ0v) is 18.9. The third-order valence-corrected chi connectivity index (χ3v) is 8.25. The van der Waals surface area contributed by atoms with E-state index in [1.54, 1.807) is 15.9 Å². The van der Waals surface area contributed by atoms with Gasteiger partial charge in [0, 0.05) is 31.9 Å². The Bertz CT molecular complexity index is 1070. The van der Waals surface area contributed by atoms with E-state index in [9.17, 15) is 13.2 Å². The molecule has 1 aromatic carbocycles. The molecule has 0 unspecified atom stereocenters. The van der Waals surface area contributed by atoms with Gasteiger partial charge in [-0.15, -0.1) is 0 Å². The van der Waals surface area contributed by atoms with Gasteiger partial charge in [0.15, 0.2) is 0 Å². The van der Waals surface area contributed by atoms with Gasteiger partial charge in [0.2, 0.25) is 10.0 Å². The van der Waals surface area contributed by atoms with Crippen molar-refractivity contribution in [2.24, 2.45) is 7.05 Å². The molecule has 0 amide bonds. The quantitative estimate of drug-likeness (QED) is 0.765. The first kappa shape index (κ1) is 21.6. The minimum atomic E-state index is -3.56. The van der Waals surface area contributed by atoms with Crippen molar-refractivity contribution >= 4 is 10.0 Å². The van der Waals surface area contributed by atoms with Crippen molar-refractivity contribution in [3.8, 4) is 5.75 Å². The fourth-order valence-electron chi connectivity index (χ4n) is 3.88. The van der Waals surface area contributed by atoms with Crippen LogP contribution in [0.5, 0.6) is 5.75 Å². The van der Waals surface area contributed by atoms with E-state index >= 15 is 0 Å². The minimum Gasteiger partial charge on any atom is -0.490 e. The highest BCUT2D eigenvalue weighted by atomic mass is 32.2. The second kappa shape index (κ2) is 7.95. The second-order valence-corrected chi connectivity index (χ2v) is 9.92. The summed E-state index contributed by atoms with van der Waals surface area (Å²) < 4.78 is 35.9. The number of sulfonamides is 1. The van der Waals surface area contributed by atoms with Gasteiger partial charge in [-0.2, -0.15) is 4.31 Å². The van der Waals surface area contributed by atoms with E-state index in [1.807, 2.05) is 46.8 Å². The third-order valence-electron chi connectivity index (χ3n) is 6.08. The molecule has 158 valence electrons. The Morgan fingerprint density at radius 3 is 2.00 bits per heavy atom. The first-order chi connectivity index (χ1) is 13.5. The summed E-state index contributed by atoms with van der Waals surface area (Å²) in [6.45, 7) is 10.3. The fraction of sp³-hybridized carbons (Fsp3) is 0.500. The number of ether oxygens (including phenoxy) is 1. The molecule has 0 atom stereocenters. The molecular formula is C22H30N2O4S. The summed E-state index contributed by atoms with van der Waals surface area (Å²) >= 11 is 0. The van der Waals surface area contributed by atoms with Crippen molar-refractivity contribution in [3.63, 3.8) is 0 Å². The van der Waals surface area contributed by atoms with Crippen LogP contribution in [-0.2, 0) is 17.1 Å². The molecule has 0 bridgehead atoms. The highest BCUT2D eigenvalue weighted by Gasteiger charge is 2.33. The lowest BCUT2D eigenvalue weighted by Gasteiger charge is -2.32. The number of hydrogen-bond donors (Lipinski definition) is 0. The smallest absolute Gasteiger partial charge is 0.254 e. The molecule has 0 saturated carbocycles. The van der Waals surface area contributed by atoms with Crippen LogP contribution in [0.4, 0.5) is 0 Å². The van der Waals surface area contributed by atoms with Crippen LogP contribution in [0.2, 0.25) is 0 Å². The molecule has 7 heteroatoms. The topological polar surface area (TPSA) is 68.6 Å². The Morgan fingerprint density at radius 2 is 1.48 bits per heavy atom. The molecule has 2 aromatic rings. The van der Waals surface area contributed by atoms with Crippen LogP contribution in [0.3, 0.4) is 0 Å². The molecule has 0 radical (unpaired) electrons. The number of aryl methyl sites for hydroxylation is 3. The van der Waals surface area contributed by atoms with E-state index in [2.05, 4.69) is 0 Å². The van der Waals surface area contributed by atoms with E-state index in [-0.39, 0.29) is 11.7 Å². The second-order valence-electron chi connectivity index (χ2n) is 8.04. The van der Waals surface area contributed by atoms with Gasteiger partial charge in [-0.3, -0.25) is 4.79 Å². The van der Waals surface area contributed by atoms with E-state index in [4.69, 9.17) is 4.74 Å². The number of hydrogen-bond acceptors (Lipinski definition) is 4. The average molecular weight is 419 g/mol. The first-order valence-corrected chi connectivity index (χ1v) is 11.4. The summed E-state index contributed by atoms with van der Waals surface area (Å²) in [5.41, 5.74) is 4.34. The Kier molecular flexibility index (Phi) is 5.92. The molecule has 0 aliphatic carbocycles. The van der Waals surface area contributed by atoms with Crippen molar-refractivity contribution in [3.05, 3.63) is 56.5 Å². The third kappa shape index (κ3) is 4.12. The SMILES string of the molecule is Cc1cc(C)c(C)c(S(=O)(=O)N2CCC(Oc3cc(C)n(C)c(=O)c3)CC2)c1C. The molecule has 0 spiro atoms. The fourth-order valence-corrected chi connectivity index (χ4v) is 5.93. The number of nitrogens with zero attached hydrogens (tertiary/aromatic N) is 2. The van der Waals surface area contributed by atoms with Crippen molar-refractivity contribution in [1.82, 2.24) is 8.87 Å². The highest BCUT2D eigenvalue weighted by Crippen LogP contribution is 2.30. The molecule has 2 heterocycles. The van der Waals surface area contributed by atoms with Crippen LogP contribution < -0.4 is 10.3 Å². The summed E-state index contributed by atoms with van der Waals surface area (Å²) in [5.74, 6) is 0.549. The molecule has 29 heavy (non-hydrogen) atoms. The predicted molar refractivity (Wildman–Crippen MR) is 114 cm³/mol. The van der Waals surface area contributed by atoms with Gasteiger partial charge >= 0.3 is 0 Å². The van der Waals surface area contributed by atoms with Crippen LogP contribution in [-0.4, -0.2) is 36.5 Å². The van der Waals surface area contributed by atoms with E-state index in [0.29, 0.717) is 36.6 Å². The van der Waals surface area contributed by atoms with E-state index in [0.717, 1.165) is 27.9 Å². The summed E-state index contributed by atoms with van der Waals surface area (Å²) in [6, 6.07) is 5.36. The normalized spacial score (nSPS) is 16.2. The summed E-state index contributed by atoms with van der Waals surface area (Å²) in [6.07, 6.45) is 1.08. The Labute approximate surface area is 173 Å². The molecule has 1 aromatic heterocycles. The van der Waals surface area contributed by atoms with Gasteiger partial charge in [0.1, 0.15) is 11.9 Å². The van der Waals surface area contributed by atoms with E-state index < -0.39 is 10.0 Å². The summed E-state index contributed by atoms with van der Waals surface area (Å²) in [5, 5.41) is 0. The molecule has 1 aliphatic heterocycles.